The van der Waals surface area contributed by atoms with Crippen LogP contribution in [-0.2, 0) is 9.47 Å². The van der Waals surface area contributed by atoms with Gasteiger partial charge < -0.3 is 9.47 Å². The van der Waals surface area contributed by atoms with Gasteiger partial charge >= 0.3 is 0 Å². The molecule has 250 valence electrons. The first-order valence-electron chi connectivity index (χ1n) is 19.2. The molecule has 0 aliphatic heterocycles. The predicted molar refractivity (Wildman–Crippen MR) is 192 cm³/mol. The fourth-order valence-electron chi connectivity index (χ4n) is 5.83. The van der Waals surface area contributed by atoms with Crippen molar-refractivity contribution in [1.82, 2.24) is 0 Å². The van der Waals surface area contributed by atoms with Crippen LogP contribution >= 0.6 is 0 Å². The molecule has 0 amide bonds. The van der Waals surface area contributed by atoms with Crippen molar-refractivity contribution < 1.29 is 9.47 Å². The van der Waals surface area contributed by atoms with Gasteiger partial charge in [0.05, 0.1) is 12.2 Å². The Hall–Kier alpha value is -1.12. The highest BCUT2D eigenvalue weighted by Crippen LogP contribution is 2.40. The summed E-state index contributed by atoms with van der Waals surface area (Å²) in [5, 5.41) is 0. The Balaban J connectivity index is 1.84. The van der Waals surface area contributed by atoms with E-state index in [0.29, 0.717) is 18.1 Å². The lowest BCUT2D eigenvalue weighted by Crippen LogP contribution is -2.06. The molecule has 0 N–H and O–H groups in total. The van der Waals surface area contributed by atoms with Gasteiger partial charge in [0.1, 0.15) is 0 Å². The van der Waals surface area contributed by atoms with Crippen molar-refractivity contribution in [3.05, 3.63) is 48.6 Å². The summed E-state index contributed by atoms with van der Waals surface area (Å²) in [6.45, 7) is 8.65. The van der Waals surface area contributed by atoms with Crippen molar-refractivity contribution in [3.8, 4) is 0 Å². The van der Waals surface area contributed by atoms with Crippen LogP contribution in [0.4, 0.5) is 0 Å². The molecule has 1 rings (SSSR count). The van der Waals surface area contributed by atoms with Gasteiger partial charge in [-0.05, 0) is 83.5 Å². The van der Waals surface area contributed by atoms with Crippen LogP contribution in [0.3, 0.4) is 0 Å². The minimum absolute atomic E-state index is 0.368. The minimum Gasteiger partial charge on any atom is -0.375 e. The molecule has 1 fully saturated rings. The zero-order valence-electron chi connectivity index (χ0n) is 29.3. The smallest absolute Gasteiger partial charge is 0.0894 e. The van der Waals surface area contributed by atoms with Gasteiger partial charge in [0.25, 0.3) is 0 Å². The third-order valence-corrected chi connectivity index (χ3v) is 8.81. The summed E-state index contributed by atoms with van der Waals surface area (Å²) in [5.74, 6) is 0.634. The molecule has 2 heteroatoms. The molecule has 1 saturated carbocycles. The van der Waals surface area contributed by atoms with Crippen LogP contribution in [0.25, 0.3) is 0 Å². The van der Waals surface area contributed by atoms with Gasteiger partial charge in [-0.3, -0.25) is 0 Å². The lowest BCUT2D eigenvalue weighted by atomic mass is 10.1. The maximum atomic E-state index is 6.22. The second-order valence-electron chi connectivity index (χ2n) is 12.9. The summed E-state index contributed by atoms with van der Waals surface area (Å²) in [6.07, 6.45) is 51.8. The summed E-state index contributed by atoms with van der Waals surface area (Å²) in [5.41, 5.74) is 0. The monoisotopic (exact) mass is 599 g/mol. The molecule has 1 aliphatic carbocycles. The molecule has 2 atom stereocenters. The second-order valence-corrected chi connectivity index (χ2v) is 12.9. The topological polar surface area (TPSA) is 18.5 Å². The van der Waals surface area contributed by atoms with Crippen LogP contribution in [0.15, 0.2) is 48.6 Å². The Morgan fingerprint density at radius 1 is 0.372 bits per heavy atom. The van der Waals surface area contributed by atoms with Crippen LogP contribution in [0.2, 0.25) is 0 Å². The van der Waals surface area contributed by atoms with Crippen molar-refractivity contribution in [2.75, 3.05) is 13.2 Å². The molecule has 43 heavy (non-hydrogen) atoms. The number of ether oxygens (including phenoxy) is 2. The number of hydrogen-bond donors (Lipinski definition) is 0. The fourth-order valence-corrected chi connectivity index (χ4v) is 5.83. The van der Waals surface area contributed by atoms with Gasteiger partial charge in [-0.2, -0.15) is 0 Å². The van der Waals surface area contributed by atoms with E-state index in [9.17, 15) is 0 Å². The Labute approximate surface area is 270 Å². The van der Waals surface area contributed by atoms with Crippen molar-refractivity contribution in [3.63, 3.8) is 0 Å². The first-order chi connectivity index (χ1) is 21.3. The first-order valence-corrected chi connectivity index (χ1v) is 19.2. The van der Waals surface area contributed by atoms with Crippen molar-refractivity contribution >= 4 is 0 Å². The molecule has 2 unspecified atom stereocenters. The number of hydrogen-bond acceptors (Lipinski definition) is 2. The van der Waals surface area contributed by atoms with Crippen LogP contribution < -0.4 is 0 Å². The SMILES string of the molecule is CCCCCC=CCC=CCCCCCCCCOC1C(CC)C1OCCCCCCCCC=CCC=CCCCCC. The molecule has 0 saturated heterocycles. The Kier molecular flexibility index (Phi) is 30.0. The zero-order chi connectivity index (χ0) is 30.9. The highest BCUT2D eigenvalue weighted by atomic mass is 16.6. The lowest BCUT2D eigenvalue weighted by molar-refractivity contribution is 0.0401. The van der Waals surface area contributed by atoms with Gasteiger partial charge in [0.15, 0.2) is 0 Å². The van der Waals surface area contributed by atoms with E-state index in [4.69, 9.17) is 9.47 Å². The van der Waals surface area contributed by atoms with E-state index < -0.39 is 0 Å². The Morgan fingerprint density at radius 3 is 1.05 bits per heavy atom. The summed E-state index contributed by atoms with van der Waals surface area (Å²) < 4.78 is 12.4. The normalized spacial score (nSPS) is 18.8. The summed E-state index contributed by atoms with van der Waals surface area (Å²) in [4.78, 5) is 0. The van der Waals surface area contributed by atoms with E-state index in [-0.39, 0.29) is 0 Å². The molecule has 1 aliphatic rings. The maximum Gasteiger partial charge on any atom is 0.0894 e. The highest BCUT2D eigenvalue weighted by Gasteiger charge is 2.51. The van der Waals surface area contributed by atoms with Gasteiger partial charge in [-0.15, -0.1) is 0 Å². The Bertz CT molecular complexity index is 619. The average Bonchev–Trinajstić information content (AvgIpc) is 3.71. The minimum atomic E-state index is 0.368. The largest absolute Gasteiger partial charge is 0.375 e. The third kappa shape index (κ3) is 25.9. The predicted octanol–water partition coefficient (Wildman–Crippen LogP) is 13.4. The van der Waals surface area contributed by atoms with Crippen LogP contribution in [0, 0.1) is 5.92 Å². The molecule has 0 aromatic rings. The quantitative estimate of drug-likeness (QED) is 0.0552. The Morgan fingerprint density at radius 2 is 0.698 bits per heavy atom. The standard InChI is InChI=1S/C41H74O2/c1-4-7-9-11-13-15-17-19-21-23-25-27-29-31-33-35-37-42-40-39(6-3)41(40)43-38-36-34-32-30-28-26-24-22-20-18-16-14-12-10-8-5-2/h13-16,19-22,39-41H,4-12,17-18,23-38H2,1-3H3. The van der Waals surface area contributed by atoms with Gasteiger partial charge in [-0.25, -0.2) is 0 Å². The lowest BCUT2D eigenvalue weighted by Gasteiger charge is -2.06. The average molecular weight is 599 g/mol. The summed E-state index contributed by atoms with van der Waals surface area (Å²) in [7, 11) is 0. The van der Waals surface area contributed by atoms with E-state index in [1.54, 1.807) is 0 Å². The van der Waals surface area contributed by atoms with Crippen LogP contribution in [-0.4, -0.2) is 25.4 Å². The molecule has 2 nitrogen and oxygen atoms in total. The third-order valence-electron chi connectivity index (χ3n) is 8.81. The fraction of sp³-hybridized carbons (Fsp3) is 0.805. The van der Waals surface area contributed by atoms with E-state index in [1.165, 1.54) is 148 Å². The molecule has 0 heterocycles. The van der Waals surface area contributed by atoms with Gasteiger partial charge in [-0.1, -0.05) is 146 Å². The van der Waals surface area contributed by atoms with Crippen LogP contribution in [0.1, 0.15) is 181 Å². The molecule has 0 aromatic carbocycles. The molecule has 0 aromatic heterocycles. The molecular formula is C41H74O2. The molecule has 0 spiro atoms. The molecular weight excluding hydrogens is 524 g/mol. The first kappa shape index (κ1) is 39.9. The van der Waals surface area contributed by atoms with Gasteiger partial charge in [0, 0.05) is 19.1 Å². The number of unbranched alkanes of at least 4 members (excludes halogenated alkanes) is 18. The van der Waals surface area contributed by atoms with Crippen molar-refractivity contribution in [1.29, 1.82) is 0 Å². The highest BCUT2D eigenvalue weighted by molar-refractivity contribution is 5.00. The van der Waals surface area contributed by atoms with Crippen molar-refractivity contribution in [2.45, 2.75) is 193 Å². The second kappa shape index (κ2) is 32.3. The van der Waals surface area contributed by atoms with E-state index >= 15 is 0 Å². The number of rotatable bonds is 33. The summed E-state index contributed by atoms with van der Waals surface area (Å²) >= 11 is 0. The molecule has 0 radical (unpaired) electrons. The zero-order valence-corrected chi connectivity index (χ0v) is 29.3. The van der Waals surface area contributed by atoms with Crippen LogP contribution in [0.5, 0.6) is 0 Å². The van der Waals surface area contributed by atoms with Gasteiger partial charge in [0.2, 0.25) is 0 Å². The van der Waals surface area contributed by atoms with E-state index in [0.717, 1.165) is 26.1 Å². The number of allylic oxidation sites excluding steroid dienone is 8. The van der Waals surface area contributed by atoms with E-state index in [2.05, 4.69) is 69.4 Å². The van der Waals surface area contributed by atoms with E-state index in [1.807, 2.05) is 0 Å². The summed E-state index contributed by atoms with van der Waals surface area (Å²) in [6, 6.07) is 0. The molecule has 0 bridgehead atoms. The van der Waals surface area contributed by atoms with Crippen molar-refractivity contribution in [2.24, 2.45) is 5.92 Å². The maximum absolute atomic E-state index is 6.22.